The van der Waals surface area contributed by atoms with E-state index in [2.05, 4.69) is 57.9 Å². The van der Waals surface area contributed by atoms with Gasteiger partial charge in [0.1, 0.15) is 0 Å². The second kappa shape index (κ2) is 6.99. The Balaban J connectivity index is 1.61. The number of piperazine rings is 1. The Hall–Kier alpha value is -1.78. The van der Waals surface area contributed by atoms with Crippen LogP contribution >= 0.6 is 0 Å². The zero-order valence-electron chi connectivity index (χ0n) is 13.4. The first-order valence-electron chi connectivity index (χ1n) is 7.98. The molecule has 0 radical (unpaired) electrons. The first kappa shape index (κ1) is 15.1. The monoisotopic (exact) mass is 296 g/mol. The molecule has 1 fully saturated rings. The minimum Gasteiger partial charge on any atom is -0.296 e. The van der Waals surface area contributed by atoms with E-state index >= 15 is 0 Å². The number of nitrogens with zero attached hydrogens (tertiary/aromatic N) is 4. The predicted molar refractivity (Wildman–Crippen MR) is 88.2 cm³/mol. The molecule has 1 saturated heterocycles. The van der Waals surface area contributed by atoms with Crippen molar-refractivity contribution in [1.82, 2.24) is 19.8 Å². The Kier molecular flexibility index (Phi) is 4.80. The average Bonchev–Trinajstić information content (AvgIpc) is 2.53. The smallest absolute Gasteiger partial charge is 0.0271 e. The van der Waals surface area contributed by atoms with Crippen molar-refractivity contribution in [3.8, 4) is 0 Å². The minimum absolute atomic E-state index is 0.554. The maximum absolute atomic E-state index is 4.10. The topological polar surface area (TPSA) is 32.3 Å². The van der Waals surface area contributed by atoms with E-state index in [1.807, 2.05) is 24.8 Å². The van der Waals surface area contributed by atoms with Gasteiger partial charge in [-0.25, -0.2) is 0 Å². The van der Waals surface area contributed by atoms with Gasteiger partial charge in [0.2, 0.25) is 0 Å². The maximum Gasteiger partial charge on any atom is 0.0271 e. The Morgan fingerprint density at radius 1 is 0.818 bits per heavy atom. The van der Waals surface area contributed by atoms with Crippen LogP contribution in [0.25, 0.3) is 0 Å². The van der Waals surface area contributed by atoms with Gasteiger partial charge in [0.05, 0.1) is 0 Å². The highest BCUT2D eigenvalue weighted by molar-refractivity contribution is 5.11. The summed E-state index contributed by atoms with van der Waals surface area (Å²) in [6, 6.07) is 9.56. The van der Waals surface area contributed by atoms with E-state index in [1.165, 1.54) is 11.1 Å². The number of rotatable bonds is 4. The Morgan fingerprint density at radius 3 is 1.77 bits per heavy atom. The molecule has 1 aliphatic heterocycles. The molecular weight excluding hydrogens is 272 g/mol. The molecule has 0 saturated carbocycles. The average molecular weight is 296 g/mol. The lowest BCUT2D eigenvalue weighted by molar-refractivity contribution is 0.0290. The van der Waals surface area contributed by atoms with Crippen LogP contribution in [0, 0.1) is 0 Å². The predicted octanol–water partition coefficient (Wildman–Crippen LogP) is 2.57. The third-order valence-electron chi connectivity index (χ3n) is 4.45. The van der Waals surface area contributed by atoms with Crippen LogP contribution in [-0.4, -0.2) is 44.9 Å². The lowest BCUT2D eigenvalue weighted by Crippen LogP contribution is -2.55. The molecular formula is C18H24N4. The third-order valence-corrected chi connectivity index (χ3v) is 4.45. The molecule has 1 aliphatic rings. The SMILES string of the molecule is CC1CN(Cc2ccncc2)CC(C)N1Cc1ccncc1. The number of hydrogen-bond donors (Lipinski definition) is 0. The summed E-state index contributed by atoms with van der Waals surface area (Å²) in [5, 5.41) is 0. The molecule has 0 bridgehead atoms. The Bertz CT molecular complexity index is 560. The van der Waals surface area contributed by atoms with Crippen molar-refractivity contribution in [2.75, 3.05) is 13.1 Å². The van der Waals surface area contributed by atoms with Crippen LogP contribution in [0.3, 0.4) is 0 Å². The van der Waals surface area contributed by atoms with E-state index in [4.69, 9.17) is 0 Å². The molecule has 3 rings (SSSR count). The summed E-state index contributed by atoms with van der Waals surface area (Å²) < 4.78 is 0. The van der Waals surface area contributed by atoms with Crippen LogP contribution in [0.2, 0.25) is 0 Å². The van der Waals surface area contributed by atoms with Gasteiger partial charge in [0.15, 0.2) is 0 Å². The highest BCUT2D eigenvalue weighted by Crippen LogP contribution is 2.20. The first-order chi connectivity index (χ1) is 10.7. The summed E-state index contributed by atoms with van der Waals surface area (Å²) in [5.74, 6) is 0. The zero-order valence-corrected chi connectivity index (χ0v) is 13.4. The highest BCUT2D eigenvalue weighted by Gasteiger charge is 2.29. The quantitative estimate of drug-likeness (QED) is 0.868. The summed E-state index contributed by atoms with van der Waals surface area (Å²) in [5.41, 5.74) is 2.69. The normalized spacial score (nSPS) is 23.5. The van der Waals surface area contributed by atoms with E-state index in [1.54, 1.807) is 0 Å². The van der Waals surface area contributed by atoms with Crippen molar-refractivity contribution < 1.29 is 0 Å². The molecule has 2 unspecified atom stereocenters. The van der Waals surface area contributed by atoms with Crippen LogP contribution in [0.15, 0.2) is 49.1 Å². The number of hydrogen-bond acceptors (Lipinski definition) is 4. The molecule has 0 spiro atoms. The van der Waals surface area contributed by atoms with E-state index in [0.29, 0.717) is 12.1 Å². The molecule has 4 nitrogen and oxygen atoms in total. The molecule has 0 aromatic carbocycles. The second-order valence-corrected chi connectivity index (χ2v) is 6.28. The molecule has 0 N–H and O–H groups in total. The molecule has 4 heteroatoms. The fourth-order valence-corrected chi connectivity index (χ4v) is 3.35. The first-order valence-corrected chi connectivity index (χ1v) is 7.98. The summed E-state index contributed by atoms with van der Waals surface area (Å²) >= 11 is 0. The van der Waals surface area contributed by atoms with Crippen LogP contribution in [0.5, 0.6) is 0 Å². The highest BCUT2D eigenvalue weighted by atomic mass is 15.3. The van der Waals surface area contributed by atoms with Gasteiger partial charge in [-0.15, -0.1) is 0 Å². The largest absolute Gasteiger partial charge is 0.296 e. The van der Waals surface area contributed by atoms with Crippen molar-refractivity contribution in [1.29, 1.82) is 0 Å². The lowest BCUT2D eigenvalue weighted by Gasteiger charge is -2.44. The van der Waals surface area contributed by atoms with Gasteiger partial charge in [-0.2, -0.15) is 0 Å². The van der Waals surface area contributed by atoms with Gasteiger partial charge in [-0.1, -0.05) is 0 Å². The number of pyridine rings is 2. The molecule has 0 aliphatic carbocycles. The lowest BCUT2D eigenvalue weighted by atomic mass is 10.1. The van der Waals surface area contributed by atoms with Gasteiger partial charge >= 0.3 is 0 Å². The van der Waals surface area contributed by atoms with Crippen molar-refractivity contribution >= 4 is 0 Å². The van der Waals surface area contributed by atoms with Gasteiger partial charge < -0.3 is 0 Å². The van der Waals surface area contributed by atoms with E-state index < -0.39 is 0 Å². The van der Waals surface area contributed by atoms with Gasteiger partial charge in [-0.05, 0) is 49.2 Å². The number of aromatic nitrogens is 2. The summed E-state index contributed by atoms with van der Waals surface area (Å²) in [6.45, 7) is 8.90. The van der Waals surface area contributed by atoms with E-state index in [0.717, 1.165) is 26.2 Å². The Labute approximate surface area is 132 Å². The van der Waals surface area contributed by atoms with Crippen molar-refractivity contribution in [2.24, 2.45) is 0 Å². The van der Waals surface area contributed by atoms with Crippen molar-refractivity contribution in [2.45, 2.75) is 39.0 Å². The standard InChI is InChI=1S/C18H24N4/c1-15-11-21(13-17-3-7-19-8-4-17)12-16(2)22(15)14-18-5-9-20-10-6-18/h3-10,15-16H,11-14H2,1-2H3. The molecule has 0 amide bonds. The second-order valence-electron chi connectivity index (χ2n) is 6.28. The van der Waals surface area contributed by atoms with Gasteiger partial charge in [-0.3, -0.25) is 19.8 Å². The minimum atomic E-state index is 0.554. The Morgan fingerprint density at radius 2 is 1.27 bits per heavy atom. The maximum atomic E-state index is 4.10. The molecule has 2 atom stereocenters. The molecule has 2 aromatic heterocycles. The molecule has 3 heterocycles. The van der Waals surface area contributed by atoms with Crippen LogP contribution < -0.4 is 0 Å². The van der Waals surface area contributed by atoms with Crippen LogP contribution in [0.4, 0.5) is 0 Å². The van der Waals surface area contributed by atoms with Gasteiger partial charge in [0, 0.05) is 63.1 Å². The summed E-state index contributed by atoms with van der Waals surface area (Å²) in [7, 11) is 0. The van der Waals surface area contributed by atoms with E-state index in [9.17, 15) is 0 Å². The summed E-state index contributed by atoms with van der Waals surface area (Å²) in [4.78, 5) is 13.3. The fourth-order valence-electron chi connectivity index (χ4n) is 3.35. The molecule has 22 heavy (non-hydrogen) atoms. The molecule has 116 valence electrons. The summed E-state index contributed by atoms with van der Waals surface area (Å²) in [6.07, 6.45) is 7.51. The van der Waals surface area contributed by atoms with Crippen molar-refractivity contribution in [3.63, 3.8) is 0 Å². The van der Waals surface area contributed by atoms with Crippen molar-refractivity contribution in [3.05, 3.63) is 60.2 Å². The van der Waals surface area contributed by atoms with Gasteiger partial charge in [0.25, 0.3) is 0 Å². The zero-order chi connectivity index (χ0) is 15.4. The van der Waals surface area contributed by atoms with E-state index in [-0.39, 0.29) is 0 Å². The van der Waals surface area contributed by atoms with Crippen LogP contribution in [-0.2, 0) is 13.1 Å². The van der Waals surface area contributed by atoms with Crippen LogP contribution in [0.1, 0.15) is 25.0 Å². The third kappa shape index (κ3) is 3.70. The molecule has 2 aromatic rings. The fraction of sp³-hybridized carbons (Fsp3) is 0.444.